The van der Waals surface area contributed by atoms with E-state index in [4.69, 9.17) is 16.9 Å². The van der Waals surface area contributed by atoms with Crippen LogP contribution in [0.1, 0.15) is 83.9 Å². The summed E-state index contributed by atoms with van der Waals surface area (Å²) < 4.78 is 5.26. The van der Waals surface area contributed by atoms with E-state index in [1.54, 1.807) is 32.9 Å². The Balaban J connectivity index is 3.32. The highest BCUT2D eigenvalue weighted by Crippen LogP contribution is 2.23. The molecular formula is C27H40N4O5. The zero-order valence-electron chi connectivity index (χ0n) is 22.1. The Hall–Kier alpha value is -3.54. The molecule has 0 heterocycles. The molecule has 0 aliphatic heterocycles. The molecule has 0 saturated heterocycles. The number of nitrogens with zero attached hydrogens (tertiary/aromatic N) is 1. The molecule has 0 fully saturated rings. The number of benzene rings is 1. The molecule has 0 aromatic heterocycles. The van der Waals surface area contributed by atoms with E-state index < -0.39 is 41.5 Å². The molecule has 0 aliphatic rings. The number of hydrogen-bond acceptors (Lipinski definition) is 5. The van der Waals surface area contributed by atoms with Crippen molar-refractivity contribution in [2.45, 2.75) is 90.8 Å². The van der Waals surface area contributed by atoms with E-state index in [0.717, 1.165) is 36.1 Å². The average molecular weight is 501 g/mol. The molecule has 0 saturated carbocycles. The highest BCUT2D eigenvalue weighted by Gasteiger charge is 2.35. The number of nitrogens with one attached hydrogen (secondary N) is 2. The second kappa shape index (κ2) is 14.8. The predicted octanol–water partition coefficient (Wildman–Crippen LogP) is 3.17. The fourth-order valence-electron chi connectivity index (χ4n) is 3.46. The number of alkyl carbamates (subject to hydrolysis) is 1. The van der Waals surface area contributed by atoms with Gasteiger partial charge >= 0.3 is 6.09 Å². The quantitative estimate of drug-likeness (QED) is 0.218. The predicted molar refractivity (Wildman–Crippen MR) is 138 cm³/mol. The van der Waals surface area contributed by atoms with Crippen LogP contribution in [0, 0.1) is 12.5 Å². The van der Waals surface area contributed by atoms with Gasteiger partial charge in [-0.3, -0.25) is 19.3 Å². The summed E-state index contributed by atoms with van der Waals surface area (Å²) >= 11 is 0. The first-order chi connectivity index (χ1) is 16.9. The zero-order chi connectivity index (χ0) is 27.3. The Morgan fingerprint density at radius 3 is 2.25 bits per heavy atom. The van der Waals surface area contributed by atoms with Crippen molar-refractivity contribution < 1.29 is 23.9 Å². The van der Waals surface area contributed by atoms with Crippen LogP contribution in [-0.4, -0.2) is 46.9 Å². The zero-order valence-corrected chi connectivity index (χ0v) is 22.1. The van der Waals surface area contributed by atoms with Gasteiger partial charge in [-0.15, -0.1) is 0 Å². The first kappa shape index (κ1) is 30.5. The van der Waals surface area contributed by atoms with Gasteiger partial charge in [0, 0.05) is 19.0 Å². The van der Waals surface area contributed by atoms with E-state index >= 15 is 0 Å². The number of carbonyl (C=O) groups is 4. The summed E-state index contributed by atoms with van der Waals surface area (Å²) in [6.07, 6.45) is 8.14. The Kier molecular flexibility index (Phi) is 12.5. The lowest BCUT2D eigenvalue weighted by molar-refractivity contribution is -0.138. The molecule has 1 rings (SSSR count). The van der Waals surface area contributed by atoms with E-state index in [0.29, 0.717) is 12.1 Å². The van der Waals surface area contributed by atoms with Gasteiger partial charge in [0.15, 0.2) is 0 Å². The van der Waals surface area contributed by atoms with Crippen LogP contribution in [0.5, 0.6) is 0 Å². The molecule has 36 heavy (non-hydrogen) atoms. The lowest BCUT2D eigenvalue weighted by atomic mass is 10.00. The molecule has 4 amide bonds. The number of nitrogens with two attached hydrogens (primary N) is 1. The van der Waals surface area contributed by atoms with Crippen LogP contribution < -0.4 is 16.4 Å². The molecule has 9 heteroatoms. The number of ether oxygens (including phenoxy) is 1. The molecule has 0 radical (unpaired) electrons. The fraction of sp³-hybridized carbons (Fsp3) is 0.556. The van der Waals surface area contributed by atoms with Gasteiger partial charge < -0.3 is 21.1 Å². The SMILES string of the molecule is C#CN(C(=O)C(CCC(N)=O)NC(=O)OC(C)(C)C)C(C(=O)NCCCCC)c1ccc(CC)cc1. The van der Waals surface area contributed by atoms with Crippen LogP contribution in [0.3, 0.4) is 0 Å². The number of hydrogen-bond donors (Lipinski definition) is 3. The molecule has 0 bridgehead atoms. The molecule has 9 nitrogen and oxygen atoms in total. The minimum absolute atomic E-state index is 0.106. The van der Waals surface area contributed by atoms with Gasteiger partial charge in [-0.2, -0.15) is 0 Å². The van der Waals surface area contributed by atoms with Crippen molar-refractivity contribution in [2.75, 3.05) is 6.54 Å². The van der Waals surface area contributed by atoms with Crippen LogP contribution in [-0.2, 0) is 25.5 Å². The number of terminal acetylenes is 1. The van der Waals surface area contributed by atoms with Crippen molar-refractivity contribution in [3.8, 4) is 12.5 Å². The fourth-order valence-corrected chi connectivity index (χ4v) is 3.46. The standard InChI is InChI=1S/C27H40N4O5/c1-7-10-11-18-29-24(33)23(20-14-12-19(8-2)13-15-20)31(9-3)25(34)21(16-17-22(28)32)30-26(35)36-27(4,5)6/h3,12-15,21,23H,7-8,10-11,16-18H2,1-2,4-6H3,(H2,28,32)(H,29,33)(H,30,35). The van der Waals surface area contributed by atoms with Crippen molar-refractivity contribution in [2.24, 2.45) is 5.73 Å². The molecule has 2 unspecified atom stereocenters. The summed E-state index contributed by atoms with van der Waals surface area (Å²) in [5.41, 5.74) is 6.05. The van der Waals surface area contributed by atoms with E-state index in [-0.39, 0.29) is 12.8 Å². The topological polar surface area (TPSA) is 131 Å². The van der Waals surface area contributed by atoms with E-state index in [1.165, 1.54) is 0 Å². The molecule has 1 aromatic rings. The van der Waals surface area contributed by atoms with Gasteiger partial charge in [-0.1, -0.05) is 57.4 Å². The summed E-state index contributed by atoms with van der Waals surface area (Å²) in [5, 5.41) is 5.34. The molecule has 1 aromatic carbocycles. The maximum absolute atomic E-state index is 13.6. The van der Waals surface area contributed by atoms with E-state index in [1.807, 2.05) is 19.1 Å². The Labute approximate surface area is 214 Å². The normalized spacial score (nSPS) is 12.6. The monoisotopic (exact) mass is 500 g/mol. The van der Waals surface area contributed by atoms with Crippen LogP contribution in [0.25, 0.3) is 0 Å². The summed E-state index contributed by atoms with van der Waals surface area (Å²) in [7, 11) is 0. The highest BCUT2D eigenvalue weighted by molar-refractivity contribution is 5.93. The maximum atomic E-state index is 13.6. The van der Waals surface area contributed by atoms with Gasteiger partial charge in [-0.05, 0) is 51.2 Å². The minimum Gasteiger partial charge on any atom is -0.444 e. The number of unbranched alkanes of at least 4 members (excludes halogenated alkanes) is 2. The van der Waals surface area contributed by atoms with Crippen molar-refractivity contribution in [1.29, 1.82) is 0 Å². The smallest absolute Gasteiger partial charge is 0.408 e. The van der Waals surface area contributed by atoms with Gasteiger partial charge in [-0.25, -0.2) is 4.79 Å². The van der Waals surface area contributed by atoms with Gasteiger partial charge in [0.2, 0.25) is 11.8 Å². The number of primary amides is 1. The van der Waals surface area contributed by atoms with Crippen molar-refractivity contribution in [3.63, 3.8) is 0 Å². The maximum Gasteiger partial charge on any atom is 0.408 e. The first-order valence-electron chi connectivity index (χ1n) is 12.4. The van der Waals surface area contributed by atoms with Crippen molar-refractivity contribution >= 4 is 23.8 Å². The number of rotatable bonds is 13. The average Bonchev–Trinajstić information content (AvgIpc) is 2.81. The summed E-state index contributed by atoms with van der Waals surface area (Å²) in [5.74, 6) is -1.81. The first-order valence-corrected chi connectivity index (χ1v) is 12.4. The van der Waals surface area contributed by atoms with Crippen LogP contribution in [0.15, 0.2) is 24.3 Å². The third-order valence-corrected chi connectivity index (χ3v) is 5.33. The Bertz CT molecular complexity index is 931. The third kappa shape index (κ3) is 10.4. The largest absolute Gasteiger partial charge is 0.444 e. The number of carbonyl (C=O) groups excluding carboxylic acids is 4. The molecule has 198 valence electrons. The second-order valence-corrected chi connectivity index (χ2v) is 9.54. The van der Waals surface area contributed by atoms with Gasteiger partial charge in [0.1, 0.15) is 17.7 Å². The Morgan fingerprint density at radius 1 is 1.11 bits per heavy atom. The second-order valence-electron chi connectivity index (χ2n) is 9.54. The Morgan fingerprint density at radius 2 is 1.75 bits per heavy atom. The van der Waals surface area contributed by atoms with Crippen LogP contribution >= 0.6 is 0 Å². The van der Waals surface area contributed by atoms with E-state index in [2.05, 4.69) is 23.6 Å². The molecule has 0 spiro atoms. The lowest BCUT2D eigenvalue weighted by Gasteiger charge is -2.30. The van der Waals surface area contributed by atoms with Crippen molar-refractivity contribution in [1.82, 2.24) is 15.5 Å². The number of aryl methyl sites for hydroxylation is 1. The highest BCUT2D eigenvalue weighted by atomic mass is 16.6. The molecule has 4 N–H and O–H groups in total. The molecule has 0 aliphatic carbocycles. The summed E-state index contributed by atoms with van der Waals surface area (Å²) in [6.45, 7) is 9.54. The number of amides is 4. The van der Waals surface area contributed by atoms with Crippen LogP contribution in [0.4, 0.5) is 4.79 Å². The van der Waals surface area contributed by atoms with Crippen LogP contribution in [0.2, 0.25) is 0 Å². The van der Waals surface area contributed by atoms with Gasteiger partial charge in [0.05, 0.1) is 0 Å². The van der Waals surface area contributed by atoms with Crippen molar-refractivity contribution in [3.05, 3.63) is 35.4 Å². The lowest BCUT2D eigenvalue weighted by Crippen LogP contribution is -2.51. The minimum atomic E-state index is -1.23. The van der Waals surface area contributed by atoms with Gasteiger partial charge in [0.25, 0.3) is 5.91 Å². The summed E-state index contributed by atoms with van der Waals surface area (Å²) in [4.78, 5) is 51.7. The third-order valence-electron chi connectivity index (χ3n) is 5.33. The summed E-state index contributed by atoms with van der Waals surface area (Å²) in [6, 6.07) is 7.21. The van der Waals surface area contributed by atoms with E-state index in [9.17, 15) is 19.2 Å². The molecular weight excluding hydrogens is 460 g/mol. The molecule has 2 atom stereocenters.